The highest BCUT2D eigenvalue weighted by Gasteiger charge is 2.36. The van der Waals surface area contributed by atoms with E-state index in [0.29, 0.717) is 22.7 Å². The van der Waals surface area contributed by atoms with E-state index >= 15 is 0 Å². The van der Waals surface area contributed by atoms with E-state index in [0.717, 1.165) is 31.0 Å². The van der Waals surface area contributed by atoms with Crippen molar-refractivity contribution in [2.75, 3.05) is 0 Å². The molecule has 2 rings (SSSR count). The quantitative estimate of drug-likeness (QED) is 0.298. The molecule has 0 fully saturated rings. The number of thioether (sulfide) groups is 1. The van der Waals surface area contributed by atoms with Crippen molar-refractivity contribution in [1.82, 2.24) is 10.3 Å². The summed E-state index contributed by atoms with van der Waals surface area (Å²) in [7, 11) is 0. The normalized spacial score (nSPS) is 13.2. The number of unbranched alkanes of at least 4 members (excludes halogenated alkanes) is 2. The van der Waals surface area contributed by atoms with Gasteiger partial charge in [0.2, 0.25) is 9.70 Å². The average Bonchev–Trinajstić information content (AvgIpc) is 2.88. The number of alkyl halides is 3. The van der Waals surface area contributed by atoms with Gasteiger partial charge < -0.3 is 9.73 Å². The highest BCUT2D eigenvalue weighted by atomic mass is 35.6. The van der Waals surface area contributed by atoms with Crippen molar-refractivity contribution in [2.24, 2.45) is 0 Å². The Bertz CT molecular complexity index is 624. The molecule has 0 spiro atoms. The molecule has 0 aliphatic rings. The van der Waals surface area contributed by atoms with Gasteiger partial charge in [-0.05, 0) is 30.3 Å². The highest BCUT2D eigenvalue weighted by molar-refractivity contribution is 8.00. The molecule has 1 unspecified atom stereocenters. The third-order valence-corrected chi connectivity index (χ3v) is 5.22. The molecule has 1 N–H and O–H groups in total. The van der Waals surface area contributed by atoms with Crippen molar-refractivity contribution < 1.29 is 9.21 Å². The Morgan fingerprint density at radius 2 is 2.09 bits per heavy atom. The number of halogens is 3. The van der Waals surface area contributed by atoms with E-state index in [1.807, 2.05) is 18.2 Å². The van der Waals surface area contributed by atoms with Crippen molar-refractivity contribution in [3.63, 3.8) is 0 Å². The number of oxazole rings is 1. The number of rotatable bonds is 7. The second-order valence-electron chi connectivity index (χ2n) is 5.01. The lowest BCUT2D eigenvalue weighted by molar-refractivity contribution is -0.121. The summed E-state index contributed by atoms with van der Waals surface area (Å²) in [6.07, 6.45) is 3.24. The van der Waals surface area contributed by atoms with Gasteiger partial charge in [0.25, 0.3) is 5.22 Å². The lowest BCUT2D eigenvalue weighted by Crippen LogP contribution is -2.41. The van der Waals surface area contributed by atoms with Crippen LogP contribution in [0.2, 0.25) is 0 Å². The molecule has 1 amide bonds. The molecule has 0 bridgehead atoms. The first-order chi connectivity index (χ1) is 10.9. The van der Waals surface area contributed by atoms with E-state index in [9.17, 15) is 4.79 Å². The van der Waals surface area contributed by atoms with E-state index in [1.165, 1.54) is 0 Å². The maximum absolute atomic E-state index is 12.0. The third kappa shape index (κ3) is 5.75. The molecule has 0 aliphatic heterocycles. The Labute approximate surface area is 154 Å². The zero-order valence-electron chi connectivity index (χ0n) is 12.5. The van der Waals surface area contributed by atoms with Crippen molar-refractivity contribution in [3.8, 4) is 0 Å². The molecule has 0 aliphatic carbocycles. The van der Waals surface area contributed by atoms with E-state index in [1.54, 1.807) is 6.07 Å². The maximum Gasteiger partial charge on any atom is 0.258 e. The summed E-state index contributed by atoms with van der Waals surface area (Å²) >= 11 is 19.0. The van der Waals surface area contributed by atoms with Crippen LogP contribution in [0.5, 0.6) is 0 Å². The number of fused-ring (bicyclic) bond motifs is 1. The van der Waals surface area contributed by atoms with E-state index in [-0.39, 0.29) is 5.91 Å². The molecule has 0 saturated carbocycles. The van der Waals surface area contributed by atoms with Gasteiger partial charge in [0.15, 0.2) is 5.58 Å². The predicted molar refractivity (Wildman–Crippen MR) is 96.2 cm³/mol. The third-order valence-electron chi connectivity index (χ3n) is 3.09. The summed E-state index contributed by atoms with van der Waals surface area (Å²) in [5, 5.41) is 2.30. The monoisotopic (exact) mass is 394 g/mol. The number of nitrogens with one attached hydrogen (secondary N) is 1. The van der Waals surface area contributed by atoms with Gasteiger partial charge in [0.1, 0.15) is 10.9 Å². The molecule has 126 valence electrons. The molecule has 1 aromatic carbocycles. The minimum absolute atomic E-state index is 0.154. The average molecular weight is 396 g/mol. The highest BCUT2D eigenvalue weighted by Crippen LogP contribution is 2.39. The minimum atomic E-state index is -1.67. The molecular weight excluding hydrogens is 379 g/mol. The zero-order valence-corrected chi connectivity index (χ0v) is 15.6. The molecule has 1 atom stereocenters. The Kier molecular flexibility index (Phi) is 6.89. The van der Waals surface area contributed by atoms with Gasteiger partial charge in [-0.1, -0.05) is 66.7 Å². The Balaban J connectivity index is 2.05. The number of nitrogens with zero attached hydrogens (tertiary/aromatic N) is 1. The van der Waals surface area contributed by atoms with Crippen molar-refractivity contribution in [3.05, 3.63) is 24.3 Å². The molecule has 2 aromatic rings. The second-order valence-corrected chi connectivity index (χ2v) is 8.44. The van der Waals surface area contributed by atoms with Gasteiger partial charge in [0.05, 0.1) is 0 Å². The van der Waals surface area contributed by atoms with Crippen LogP contribution < -0.4 is 5.32 Å². The van der Waals surface area contributed by atoms with Gasteiger partial charge >= 0.3 is 0 Å². The fraction of sp³-hybridized carbons (Fsp3) is 0.467. The summed E-state index contributed by atoms with van der Waals surface area (Å²) in [6.45, 7) is 2.07. The summed E-state index contributed by atoms with van der Waals surface area (Å²) in [5.74, 6) is -0.154. The lowest BCUT2D eigenvalue weighted by Gasteiger charge is -2.23. The molecule has 4 nitrogen and oxygen atoms in total. The number of carbonyl (C=O) groups excluding carboxylic acids is 1. The molecular formula is C15H17Cl3N2O2S. The van der Waals surface area contributed by atoms with E-state index in [2.05, 4.69) is 17.2 Å². The maximum atomic E-state index is 12.0. The number of aromatic nitrogens is 1. The molecule has 1 aromatic heterocycles. The fourth-order valence-corrected chi connectivity index (χ4v) is 3.31. The Hall–Kier alpha value is -0.620. The lowest BCUT2D eigenvalue weighted by atomic mass is 10.2. The smallest absolute Gasteiger partial charge is 0.258 e. The first-order valence-electron chi connectivity index (χ1n) is 7.28. The largest absolute Gasteiger partial charge is 0.431 e. The zero-order chi connectivity index (χ0) is 16.9. The molecule has 1 heterocycles. The van der Waals surface area contributed by atoms with E-state index < -0.39 is 9.17 Å². The second kappa shape index (κ2) is 8.47. The summed E-state index contributed by atoms with van der Waals surface area (Å²) < 4.78 is 3.92. The Morgan fingerprint density at radius 1 is 1.35 bits per heavy atom. The van der Waals surface area contributed by atoms with Crippen LogP contribution in [0.4, 0.5) is 0 Å². The van der Waals surface area contributed by atoms with E-state index in [4.69, 9.17) is 39.2 Å². The predicted octanol–water partition coefficient (Wildman–Crippen LogP) is 5.31. The number of hydrogen-bond donors (Lipinski definition) is 1. The van der Waals surface area contributed by atoms with Gasteiger partial charge in [0, 0.05) is 6.42 Å². The number of benzene rings is 1. The van der Waals surface area contributed by atoms with Crippen LogP contribution in [0.25, 0.3) is 11.1 Å². The minimum Gasteiger partial charge on any atom is -0.431 e. The van der Waals surface area contributed by atoms with Gasteiger partial charge in [-0.3, -0.25) is 4.79 Å². The van der Waals surface area contributed by atoms with Crippen LogP contribution >= 0.6 is 46.6 Å². The van der Waals surface area contributed by atoms with Crippen LogP contribution in [-0.2, 0) is 4.79 Å². The van der Waals surface area contributed by atoms with Crippen LogP contribution in [0.3, 0.4) is 0 Å². The van der Waals surface area contributed by atoms with Gasteiger partial charge in [-0.25, -0.2) is 4.98 Å². The standard InChI is InChI=1S/C15H17Cl3N2O2S/c1-2-3-4-9-12(21)20-13(15(16,17)18)23-14-19-10-7-5-6-8-11(10)22-14/h5-8,13H,2-4,9H2,1H3,(H,20,21). The van der Waals surface area contributed by atoms with Crippen molar-refractivity contribution in [2.45, 2.75) is 47.0 Å². The summed E-state index contributed by atoms with van der Waals surface area (Å²) in [5.41, 5.74) is 1.36. The molecule has 0 saturated heterocycles. The Morgan fingerprint density at radius 3 is 2.74 bits per heavy atom. The summed E-state index contributed by atoms with van der Waals surface area (Å²) in [4.78, 5) is 16.3. The molecule has 23 heavy (non-hydrogen) atoms. The van der Waals surface area contributed by atoms with Gasteiger partial charge in [-0.2, -0.15) is 0 Å². The van der Waals surface area contributed by atoms with Crippen molar-refractivity contribution in [1.29, 1.82) is 0 Å². The number of carbonyl (C=O) groups is 1. The fourth-order valence-electron chi connectivity index (χ4n) is 1.93. The van der Waals surface area contributed by atoms with Crippen LogP contribution in [-0.4, -0.2) is 20.1 Å². The summed E-state index contributed by atoms with van der Waals surface area (Å²) in [6, 6.07) is 7.35. The van der Waals surface area contributed by atoms with Gasteiger partial charge in [-0.15, -0.1) is 0 Å². The number of amides is 1. The van der Waals surface area contributed by atoms with Crippen LogP contribution in [0, 0.1) is 0 Å². The topological polar surface area (TPSA) is 55.1 Å². The van der Waals surface area contributed by atoms with Crippen LogP contribution in [0.15, 0.2) is 33.9 Å². The first kappa shape index (κ1) is 18.7. The van der Waals surface area contributed by atoms with Crippen LogP contribution in [0.1, 0.15) is 32.6 Å². The molecule has 0 radical (unpaired) electrons. The SMILES string of the molecule is CCCCCC(=O)NC(Sc1nc2ccccc2o1)C(Cl)(Cl)Cl. The first-order valence-corrected chi connectivity index (χ1v) is 9.30. The number of hydrogen-bond acceptors (Lipinski definition) is 4. The molecule has 8 heteroatoms. The van der Waals surface area contributed by atoms with Crippen molar-refractivity contribution >= 4 is 63.6 Å². The number of para-hydroxylation sites is 2.